The quantitative estimate of drug-likeness (QED) is 0.879. The number of nitriles is 1. The van der Waals surface area contributed by atoms with E-state index in [1.165, 1.54) is 5.56 Å². The molecule has 1 aliphatic rings. The van der Waals surface area contributed by atoms with Crippen molar-refractivity contribution < 1.29 is 0 Å². The van der Waals surface area contributed by atoms with Gasteiger partial charge in [0.05, 0.1) is 11.5 Å². The van der Waals surface area contributed by atoms with Crippen molar-refractivity contribution in [3.8, 4) is 6.07 Å². The predicted octanol–water partition coefficient (Wildman–Crippen LogP) is 3.24. The van der Waals surface area contributed by atoms with Gasteiger partial charge in [0.25, 0.3) is 0 Å². The molecule has 1 fully saturated rings. The second-order valence-corrected chi connectivity index (χ2v) is 5.86. The number of nitrogens with one attached hydrogen (secondary N) is 1. The highest BCUT2D eigenvalue weighted by Gasteiger charge is 2.46. The summed E-state index contributed by atoms with van der Waals surface area (Å²) in [6.45, 7) is 6.68. The first-order valence-corrected chi connectivity index (χ1v) is 6.80. The Morgan fingerprint density at radius 2 is 1.83 bits per heavy atom. The van der Waals surface area contributed by atoms with E-state index >= 15 is 0 Å². The van der Waals surface area contributed by atoms with Crippen LogP contribution in [0.15, 0.2) is 30.3 Å². The Hall–Kier alpha value is -1.33. The van der Waals surface area contributed by atoms with Crippen LogP contribution in [-0.4, -0.2) is 12.1 Å². The van der Waals surface area contributed by atoms with E-state index in [1.807, 2.05) is 18.2 Å². The first-order chi connectivity index (χ1) is 8.57. The largest absolute Gasteiger partial charge is 0.311 e. The van der Waals surface area contributed by atoms with Gasteiger partial charge in [0, 0.05) is 12.1 Å². The van der Waals surface area contributed by atoms with Crippen LogP contribution in [0.1, 0.15) is 39.2 Å². The van der Waals surface area contributed by atoms with E-state index in [2.05, 4.69) is 44.3 Å². The summed E-state index contributed by atoms with van der Waals surface area (Å²) in [5.41, 5.74) is 0.915. The lowest BCUT2D eigenvalue weighted by molar-refractivity contribution is 0.199. The van der Waals surface area contributed by atoms with Crippen LogP contribution in [0, 0.1) is 17.2 Å². The number of hydrogen-bond donors (Lipinski definition) is 1. The van der Waals surface area contributed by atoms with Crippen molar-refractivity contribution in [3.05, 3.63) is 35.9 Å². The molecule has 0 amide bonds. The molecule has 0 saturated heterocycles. The van der Waals surface area contributed by atoms with Crippen LogP contribution >= 0.6 is 0 Å². The van der Waals surface area contributed by atoms with Crippen LogP contribution in [0.3, 0.4) is 0 Å². The molecule has 0 aliphatic heterocycles. The maximum Gasteiger partial charge on any atom is 0.0852 e. The zero-order chi connectivity index (χ0) is 13.2. The molecular weight excluding hydrogens is 220 g/mol. The van der Waals surface area contributed by atoms with Crippen molar-refractivity contribution in [2.75, 3.05) is 0 Å². The Balaban J connectivity index is 1.99. The summed E-state index contributed by atoms with van der Waals surface area (Å²) in [5, 5.41) is 13.1. The normalized spacial score (nSPS) is 28.5. The summed E-state index contributed by atoms with van der Waals surface area (Å²) >= 11 is 0. The Bertz CT molecular complexity index is 424. The van der Waals surface area contributed by atoms with Crippen LogP contribution in [0.5, 0.6) is 0 Å². The molecule has 1 atom stereocenters. The third-order valence-corrected chi connectivity index (χ3v) is 4.23. The van der Waals surface area contributed by atoms with Crippen LogP contribution in [0.2, 0.25) is 0 Å². The van der Waals surface area contributed by atoms with E-state index in [9.17, 15) is 5.26 Å². The van der Waals surface area contributed by atoms with Gasteiger partial charge < -0.3 is 5.32 Å². The fourth-order valence-electron chi connectivity index (χ4n) is 2.61. The smallest absolute Gasteiger partial charge is 0.0852 e. The van der Waals surface area contributed by atoms with Crippen molar-refractivity contribution in [1.29, 1.82) is 5.26 Å². The molecule has 1 N–H and O–H groups in total. The third kappa shape index (κ3) is 2.42. The maximum absolute atomic E-state index is 9.47. The molecule has 2 nitrogen and oxygen atoms in total. The van der Waals surface area contributed by atoms with E-state index in [-0.39, 0.29) is 5.41 Å². The molecule has 96 valence electrons. The molecule has 0 heterocycles. The number of nitrogens with zero attached hydrogens (tertiary/aromatic N) is 1. The van der Waals surface area contributed by atoms with Crippen LogP contribution in [0.4, 0.5) is 0 Å². The zero-order valence-electron chi connectivity index (χ0n) is 11.5. The minimum atomic E-state index is -0.254. The molecule has 1 aromatic carbocycles. The fraction of sp³-hybridized carbons (Fsp3) is 0.562. The maximum atomic E-state index is 9.47. The van der Waals surface area contributed by atoms with Gasteiger partial charge in [-0.2, -0.15) is 5.26 Å². The average Bonchev–Trinajstić information content (AvgIpc) is 2.34. The summed E-state index contributed by atoms with van der Waals surface area (Å²) < 4.78 is 0. The molecule has 2 heteroatoms. The minimum Gasteiger partial charge on any atom is -0.311 e. The molecule has 0 radical (unpaired) electrons. The van der Waals surface area contributed by atoms with E-state index in [0.29, 0.717) is 18.0 Å². The molecule has 1 aromatic rings. The molecule has 2 rings (SSSR count). The summed E-state index contributed by atoms with van der Waals surface area (Å²) in [6, 6.07) is 13.7. The molecule has 1 saturated carbocycles. The van der Waals surface area contributed by atoms with Gasteiger partial charge >= 0.3 is 0 Å². The predicted molar refractivity (Wildman–Crippen MR) is 74.2 cm³/mol. The summed E-state index contributed by atoms with van der Waals surface area (Å²) in [5.74, 6) is 0.638. The highest BCUT2D eigenvalue weighted by Crippen LogP contribution is 2.43. The highest BCUT2D eigenvalue weighted by atomic mass is 15.0. The van der Waals surface area contributed by atoms with E-state index in [1.54, 1.807) is 0 Å². The van der Waals surface area contributed by atoms with Crippen LogP contribution in [0.25, 0.3) is 0 Å². The Kier molecular flexibility index (Phi) is 3.73. The van der Waals surface area contributed by atoms with Crippen molar-refractivity contribution in [1.82, 2.24) is 5.32 Å². The summed E-state index contributed by atoms with van der Waals surface area (Å²) in [7, 11) is 0. The van der Waals surface area contributed by atoms with Gasteiger partial charge in [-0.3, -0.25) is 0 Å². The Morgan fingerprint density at radius 1 is 1.22 bits per heavy atom. The molecule has 0 bridgehead atoms. The molecule has 1 unspecified atom stereocenters. The highest BCUT2D eigenvalue weighted by molar-refractivity contribution is 5.36. The Morgan fingerprint density at radius 3 is 2.33 bits per heavy atom. The van der Waals surface area contributed by atoms with Gasteiger partial charge in [-0.1, -0.05) is 44.2 Å². The third-order valence-electron chi connectivity index (χ3n) is 4.23. The van der Waals surface area contributed by atoms with Gasteiger partial charge in [-0.25, -0.2) is 0 Å². The zero-order valence-corrected chi connectivity index (χ0v) is 11.5. The second-order valence-electron chi connectivity index (χ2n) is 5.86. The van der Waals surface area contributed by atoms with Gasteiger partial charge in [0.15, 0.2) is 0 Å². The van der Waals surface area contributed by atoms with E-state index in [0.717, 1.165) is 12.8 Å². The van der Waals surface area contributed by atoms with Gasteiger partial charge in [-0.05, 0) is 31.2 Å². The lowest BCUT2D eigenvalue weighted by Crippen LogP contribution is -2.54. The molecule has 1 aliphatic carbocycles. The van der Waals surface area contributed by atoms with Crippen LogP contribution in [-0.2, 0) is 5.41 Å². The summed E-state index contributed by atoms with van der Waals surface area (Å²) in [6.07, 6.45) is 1.87. The number of benzene rings is 1. The van der Waals surface area contributed by atoms with E-state index < -0.39 is 0 Å². The SMILES string of the molecule is CC(C)C(C)NC1CC(C#N)(c2ccccc2)C1. The van der Waals surface area contributed by atoms with Gasteiger partial charge in [0.2, 0.25) is 0 Å². The Labute approximate surface area is 110 Å². The van der Waals surface area contributed by atoms with Gasteiger partial charge in [0.1, 0.15) is 0 Å². The first kappa shape index (κ1) is 13.1. The molecule has 0 aromatic heterocycles. The lowest BCUT2D eigenvalue weighted by atomic mass is 9.62. The number of rotatable bonds is 4. The first-order valence-electron chi connectivity index (χ1n) is 6.80. The number of hydrogen-bond acceptors (Lipinski definition) is 2. The van der Waals surface area contributed by atoms with Crippen molar-refractivity contribution >= 4 is 0 Å². The average molecular weight is 242 g/mol. The molecular formula is C16H22N2. The summed E-state index contributed by atoms with van der Waals surface area (Å²) in [4.78, 5) is 0. The fourth-order valence-corrected chi connectivity index (χ4v) is 2.61. The van der Waals surface area contributed by atoms with Crippen LogP contribution < -0.4 is 5.32 Å². The monoisotopic (exact) mass is 242 g/mol. The van der Waals surface area contributed by atoms with Crippen molar-refractivity contribution in [3.63, 3.8) is 0 Å². The topological polar surface area (TPSA) is 35.8 Å². The van der Waals surface area contributed by atoms with Gasteiger partial charge in [-0.15, -0.1) is 0 Å². The molecule has 18 heavy (non-hydrogen) atoms. The minimum absolute atomic E-state index is 0.254. The molecule has 0 spiro atoms. The lowest BCUT2D eigenvalue weighted by Gasteiger charge is -2.45. The van der Waals surface area contributed by atoms with Crippen molar-refractivity contribution in [2.45, 2.75) is 51.1 Å². The van der Waals surface area contributed by atoms with Crippen molar-refractivity contribution in [2.24, 2.45) is 5.92 Å². The van der Waals surface area contributed by atoms with E-state index in [4.69, 9.17) is 0 Å². The standard InChI is InChI=1S/C16H22N2/c1-12(2)13(3)18-15-9-16(10-15,11-17)14-7-5-4-6-8-14/h4-8,12-13,15,18H,9-10H2,1-3H3. The second kappa shape index (κ2) is 5.12.